The molecule has 1 aromatic heterocycles. The molecular formula is C22H28N2O7S2. The fourth-order valence-electron chi connectivity index (χ4n) is 3.41. The van der Waals surface area contributed by atoms with Gasteiger partial charge in [0.25, 0.3) is 5.91 Å². The molecule has 3 rings (SSSR count). The van der Waals surface area contributed by atoms with Crippen LogP contribution in [0, 0.1) is 0 Å². The number of carbonyl (C=O) groups excluding carboxylic acids is 1. The lowest BCUT2D eigenvalue weighted by molar-refractivity contribution is -0.146. The molecule has 0 spiro atoms. The number of allylic oxidation sites excluding steroid dienone is 1. The molecule has 1 aliphatic rings. The Morgan fingerprint density at radius 2 is 2.03 bits per heavy atom. The number of amides is 1. The zero-order valence-corrected chi connectivity index (χ0v) is 20.1. The number of aliphatic hydroxyl groups excluding tert-OH is 1. The van der Waals surface area contributed by atoms with E-state index in [1.165, 1.54) is 26.3 Å². The second-order valence-corrected chi connectivity index (χ2v) is 9.95. The lowest BCUT2D eigenvalue weighted by atomic mass is 9.95. The van der Waals surface area contributed by atoms with Gasteiger partial charge in [-0.3, -0.25) is 4.79 Å². The third-order valence-electron chi connectivity index (χ3n) is 5.17. The van der Waals surface area contributed by atoms with E-state index in [4.69, 9.17) is 14.2 Å². The maximum atomic E-state index is 13.0. The van der Waals surface area contributed by atoms with E-state index in [-0.39, 0.29) is 48.8 Å². The van der Waals surface area contributed by atoms with E-state index in [1.54, 1.807) is 29.5 Å². The van der Waals surface area contributed by atoms with E-state index in [2.05, 4.69) is 5.32 Å². The summed E-state index contributed by atoms with van der Waals surface area (Å²) in [4.78, 5) is 12.2. The average Bonchev–Trinajstić information content (AvgIpc) is 3.38. The molecule has 0 fully saturated rings. The molecule has 2 N–H and O–H groups in total. The van der Waals surface area contributed by atoms with Crippen LogP contribution in [0.25, 0.3) is 0 Å². The van der Waals surface area contributed by atoms with Crippen molar-refractivity contribution in [3.63, 3.8) is 0 Å². The molecule has 9 nitrogen and oxygen atoms in total. The largest absolute Gasteiger partial charge is 0.497 e. The summed E-state index contributed by atoms with van der Waals surface area (Å²) in [6, 6.07) is 8.02. The highest BCUT2D eigenvalue weighted by Crippen LogP contribution is 2.32. The first-order valence-corrected chi connectivity index (χ1v) is 12.8. The topological polar surface area (TPSA) is 114 Å². The van der Waals surface area contributed by atoms with Gasteiger partial charge in [-0.2, -0.15) is 15.6 Å². The third kappa shape index (κ3) is 6.33. The molecule has 1 aromatic carbocycles. The van der Waals surface area contributed by atoms with Crippen molar-refractivity contribution in [2.75, 3.05) is 40.5 Å². The van der Waals surface area contributed by atoms with Gasteiger partial charge in [-0.05, 0) is 52.7 Å². The van der Waals surface area contributed by atoms with Gasteiger partial charge in [-0.1, -0.05) is 0 Å². The van der Waals surface area contributed by atoms with Crippen LogP contribution in [0.15, 0.2) is 57.8 Å². The van der Waals surface area contributed by atoms with E-state index in [0.717, 1.165) is 9.87 Å². The average molecular weight is 497 g/mol. The van der Waals surface area contributed by atoms with Crippen LogP contribution >= 0.6 is 11.3 Å². The standard InChI is InChI=1S/C22H28N2O7S2/c1-23-22(26)20-13-17(16-7-12-32-15-16)14-21(31-20)30-11-9-24(8-10-25)33(27,28)19-5-3-18(29-2)4-6-19/h3-7,12-13,15,17,21,25H,8-11,14H2,1-2H3,(H,23,26)/t17-,21+/m1/s1. The van der Waals surface area contributed by atoms with Gasteiger partial charge in [0.05, 0.1) is 25.2 Å². The first-order valence-electron chi connectivity index (χ1n) is 10.4. The number of hydrogen-bond acceptors (Lipinski definition) is 8. The Morgan fingerprint density at radius 1 is 1.27 bits per heavy atom. The van der Waals surface area contributed by atoms with Gasteiger partial charge >= 0.3 is 0 Å². The molecule has 0 radical (unpaired) electrons. The van der Waals surface area contributed by atoms with Crippen LogP contribution in [0.4, 0.5) is 0 Å². The smallest absolute Gasteiger partial charge is 0.285 e. The minimum Gasteiger partial charge on any atom is -0.497 e. The summed E-state index contributed by atoms with van der Waals surface area (Å²) in [5.74, 6) is 0.301. The second kappa shape index (κ2) is 11.6. The van der Waals surface area contributed by atoms with Gasteiger partial charge < -0.3 is 24.6 Å². The first kappa shape index (κ1) is 25.2. The van der Waals surface area contributed by atoms with Gasteiger partial charge in [0.15, 0.2) is 5.76 Å². The van der Waals surface area contributed by atoms with Crippen molar-refractivity contribution in [1.82, 2.24) is 9.62 Å². The van der Waals surface area contributed by atoms with Crippen LogP contribution in [0.1, 0.15) is 17.9 Å². The van der Waals surface area contributed by atoms with Crippen molar-refractivity contribution in [2.45, 2.75) is 23.5 Å². The van der Waals surface area contributed by atoms with Crippen LogP contribution in [-0.4, -0.2) is 70.5 Å². The summed E-state index contributed by atoms with van der Waals surface area (Å²) >= 11 is 1.56. The lowest BCUT2D eigenvalue weighted by Gasteiger charge is -2.29. The highest BCUT2D eigenvalue weighted by molar-refractivity contribution is 7.89. The Kier molecular flexibility index (Phi) is 8.87. The van der Waals surface area contributed by atoms with E-state index >= 15 is 0 Å². The van der Waals surface area contributed by atoms with E-state index < -0.39 is 16.3 Å². The molecule has 33 heavy (non-hydrogen) atoms. The van der Waals surface area contributed by atoms with Crippen molar-refractivity contribution in [2.24, 2.45) is 0 Å². The number of benzene rings is 1. The Labute approximate surface area is 197 Å². The summed E-state index contributed by atoms with van der Waals surface area (Å²) in [7, 11) is -0.822. The number of ether oxygens (including phenoxy) is 3. The minimum absolute atomic E-state index is 0.0108. The summed E-state index contributed by atoms with van der Waals surface area (Å²) in [5, 5.41) is 15.9. The lowest BCUT2D eigenvalue weighted by Crippen LogP contribution is -2.38. The molecule has 2 aromatic rings. The maximum absolute atomic E-state index is 13.0. The van der Waals surface area contributed by atoms with Crippen LogP contribution < -0.4 is 10.1 Å². The highest BCUT2D eigenvalue weighted by atomic mass is 32.2. The minimum atomic E-state index is -3.84. The summed E-state index contributed by atoms with van der Waals surface area (Å²) in [5.41, 5.74) is 1.06. The predicted octanol–water partition coefficient (Wildman–Crippen LogP) is 1.92. The molecule has 0 saturated heterocycles. The number of rotatable bonds is 11. The molecule has 11 heteroatoms. The number of sulfonamides is 1. The van der Waals surface area contributed by atoms with Gasteiger partial charge in [0.2, 0.25) is 16.3 Å². The highest BCUT2D eigenvalue weighted by Gasteiger charge is 2.30. The van der Waals surface area contributed by atoms with E-state index in [1.807, 2.05) is 16.8 Å². The number of nitrogens with zero attached hydrogens (tertiary/aromatic N) is 1. The molecule has 2 atom stereocenters. The van der Waals surface area contributed by atoms with Crippen molar-refractivity contribution in [3.05, 3.63) is 58.5 Å². The summed E-state index contributed by atoms with van der Waals surface area (Å²) in [6.45, 7) is -0.377. The van der Waals surface area contributed by atoms with Gasteiger partial charge in [-0.15, -0.1) is 0 Å². The Morgan fingerprint density at radius 3 is 2.64 bits per heavy atom. The number of hydrogen-bond donors (Lipinski definition) is 2. The molecule has 0 bridgehead atoms. The van der Waals surface area contributed by atoms with Crippen molar-refractivity contribution < 1.29 is 32.5 Å². The Balaban J connectivity index is 1.66. The first-order chi connectivity index (χ1) is 15.9. The summed E-state index contributed by atoms with van der Waals surface area (Å²) < 4.78 is 43.8. The van der Waals surface area contributed by atoms with Gasteiger partial charge in [0, 0.05) is 32.5 Å². The number of thiophene rings is 1. The van der Waals surface area contributed by atoms with Crippen molar-refractivity contribution >= 4 is 27.3 Å². The van der Waals surface area contributed by atoms with E-state index in [9.17, 15) is 18.3 Å². The molecule has 0 aliphatic carbocycles. The molecule has 1 amide bonds. The number of aliphatic hydroxyl groups is 1. The second-order valence-electron chi connectivity index (χ2n) is 7.23. The van der Waals surface area contributed by atoms with Crippen LogP contribution in [0.5, 0.6) is 5.75 Å². The molecular weight excluding hydrogens is 468 g/mol. The predicted molar refractivity (Wildman–Crippen MR) is 123 cm³/mol. The Hall–Kier alpha value is -2.44. The van der Waals surface area contributed by atoms with Crippen LogP contribution in [0.2, 0.25) is 0 Å². The number of carbonyl (C=O) groups is 1. The third-order valence-corrected chi connectivity index (χ3v) is 7.78. The maximum Gasteiger partial charge on any atom is 0.285 e. The number of nitrogens with one attached hydrogen (secondary N) is 1. The van der Waals surface area contributed by atoms with Gasteiger partial charge in [0.1, 0.15) is 5.75 Å². The number of methoxy groups -OCH3 is 1. The monoisotopic (exact) mass is 496 g/mol. The Bertz CT molecular complexity index is 1040. The van der Waals surface area contributed by atoms with Crippen LogP contribution in [-0.2, 0) is 24.3 Å². The molecule has 1 aliphatic heterocycles. The molecule has 2 heterocycles. The van der Waals surface area contributed by atoms with Crippen LogP contribution in [0.3, 0.4) is 0 Å². The SMILES string of the molecule is CNC(=O)C1=C[C@@H](c2ccsc2)C[C@@H](OCCN(CCO)S(=O)(=O)c2ccc(OC)cc2)O1. The van der Waals surface area contributed by atoms with E-state index in [0.29, 0.717) is 12.2 Å². The molecule has 0 unspecified atom stereocenters. The quantitative estimate of drug-likeness (QED) is 0.488. The normalized spacial score (nSPS) is 18.5. The molecule has 180 valence electrons. The van der Waals surface area contributed by atoms with Crippen molar-refractivity contribution in [1.29, 1.82) is 0 Å². The fourth-order valence-corrected chi connectivity index (χ4v) is 5.55. The number of likely N-dealkylation sites (N-methyl/N-ethyl adjacent to an activating group) is 1. The fraction of sp³-hybridized carbons (Fsp3) is 0.409. The van der Waals surface area contributed by atoms with Crippen molar-refractivity contribution in [3.8, 4) is 5.75 Å². The zero-order valence-electron chi connectivity index (χ0n) is 18.5. The summed E-state index contributed by atoms with van der Waals surface area (Å²) in [6.07, 6.45) is 1.54. The zero-order chi connectivity index (χ0) is 23.8. The van der Waals surface area contributed by atoms with Gasteiger partial charge in [-0.25, -0.2) is 8.42 Å². The molecule has 0 saturated carbocycles.